The number of hydrogen-bond donors (Lipinski definition) is 0. The van der Waals surface area contributed by atoms with Crippen LogP contribution in [0.2, 0.25) is 0 Å². The van der Waals surface area contributed by atoms with Crippen LogP contribution in [0.15, 0.2) is 33.5 Å². The van der Waals surface area contributed by atoms with Crippen molar-refractivity contribution >= 4 is 23.1 Å². The van der Waals surface area contributed by atoms with Gasteiger partial charge in [0.05, 0.1) is 5.25 Å². The van der Waals surface area contributed by atoms with E-state index in [2.05, 4.69) is 42.4 Å². The van der Waals surface area contributed by atoms with Crippen molar-refractivity contribution < 1.29 is 4.52 Å². The Morgan fingerprint density at radius 2 is 2.36 bits per heavy atom. The quantitative estimate of drug-likeness (QED) is 0.617. The summed E-state index contributed by atoms with van der Waals surface area (Å²) in [6.07, 6.45) is 3.53. The van der Waals surface area contributed by atoms with E-state index in [1.54, 1.807) is 29.4 Å². The SMILES string of the molecule is CCc1noc(C(C)Sc2nncn2CCc2cccs2)n1. The van der Waals surface area contributed by atoms with E-state index in [-0.39, 0.29) is 5.25 Å². The van der Waals surface area contributed by atoms with Crippen LogP contribution in [0.5, 0.6) is 0 Å². The Kier molecular flexibility index (Phi) is 4.89. The molecule has 0 N–H and O–H groups in total. The second kappa shape index (κ2) is 7.06. The summed E-state index contributed by atoms with van der Waals surface area (Å²) in [7, 11) is 0. The molecule has 3 heterocycles. The molecule has 1 unspecified atom stereocenters. The third kappa shape index (κ3) is 3.56. The minimum Gasteiger partial charge on any atom is -0.338 e. The van der Waals surface area contributed by atoms with Crippen molar-refractivity contribution in [3.05, 3.63) is 40.4 Å². The minimum atomic E-state index is 0.0532. The number of rotatable bonds is 7. The fraction of sp³-hybridized carbons (Fsp3) is 0.429. The van der Waals surface area contributed by atoms with Crippen molar-refractivity contribution in [3.8, 4) is 0 Å². The number of hydrogen-bond acceptors (Lipinski definition) is 7. The summed E-state index contributed by atoms with van der Waals surface area (Å²) >= 11 is 3.36. The zero-order valence-corrected chi connectivity index (χ0v) is 14.1. The summed E-state index contributed by atoms with van der Waals surface area (Å²) in [4.78, 5) is 5.73. The van der Waals surface area contributed by atoms with Crippen LogP contribution in [0.3, 0.4) is 0 Å². The lowest BCUT2D eigenvalue weighted by Gasteiger charge is -2.08. The van der Waals surface area contributed by atoms with Crippen molar-refractivity contribution in [2.75, 3.05) is 0 Å². The van der Waals surface area contributed by atoms with Gasteiger partial charge in [-0.25, -0.2) is 0 Å². The Labute approximate surface area is 137 Å². The molecule has 0 amide bonds. The van der Waals surface area contributed by atoms with Gasteiger partial charge in [-0.3, -0.25) is 0 Å². The normalized spacial score (nSPS) is 12.6. The van der Waals surface area contributed by atoms with Crippen molar-refractivity contribution in [1.29, 1.82) is 0 Å². The molecule has 0 aliphatic carbocycles. The number of nitrogens with zero attached hydrogens (tertiary/aromatic N) is 5. The van der Waals surface area contributed by atoms with E-state index in [1.165, 1.54) is 4.88 Å². The number of thiophene rings is 1. The molecule has 0 fully saturated rings. The second-order valence-electron chi connectivity index (χ2n) is 4.80. The van der Waals surface area contributed by atoms with Crippen molar-refractivity contribution in [3.63, 3.8) is 0 Å². The van der Waals surface area contributed by atoms with E-state index in [4.69, 9.17) is 4.52 Å². The molecule has 116 valence electrons. The first-order valence-electron chi connectivity index (χ1n) is 7.15. The third-order valence-corrected chi connectivity index (χ3v) is 5.21. The first-order valence-corrected chi connectivity index (χ1v) is 8.91. The van der Waals surface area contributed by atoms with Gasteiger partial charge in [-0.15, -0.1) is 21.5 Å². The van der Waals surface area contributed by atoms with Gasteiger partial charge < -0.3 is 9.09 Å². The Morgan fingerprint density at radius 1 is 1.45 bits per heavy atom. The first kappa shape index (κ1) is 15.2. The number of aromatic nitrogens is 5. The average molecular weight is 335 g/mol. The van der Waals surface area contributed by atoms with E-state index >= 15 is 0 Å². The predicted molar refractivity (Wildman–Crippen MR) is 86.0 cm³/mol. The second-order valence-corrected chi connectivity index (χ2v) is 7.14. The lowest BCUT2D eigenvalue weighted by Crippen LogP contribution is -2.02. The predicted octanol–water partition coefficient (Wildman–Crippen LogP) is 3.38. The van der Waals surface area contributed by atoms with E-state index in [9.17, 15) is 0 Å². The molecule has 3 aromatic heterocycles. The standard InChI is InChI=1S/C14H17N5OS2/c1-3-12-16-13(20-18-12)10(2)22-14-17-15-9-19(14)7-6-11-5-4-8-21-11/h4-5,8-10H,3,6-7H2,1-2H3. The minimum absolute atomic E-state index is 0.0532. The van der Waals surface area contributed by atoms with Crippen LogP contribution < -0.4 is 0 Å². The first-order chi connectivity index (χ1) is 10.8. The molecule has 0 saturated heterocycles. The molecular formula is C14H17N5OS2. The molecular weight excluding hydrogens is 318 g/mol. The Bertz CT molecular complexity index is 706. The van der Waals surface area contributed by atoms with Crippen LogP contribution in [0.1, 0.15) is 35.7 Å². The molecule has 0 saturated carbocycles. The summed E-state index contributed by atoms with van der Waals surface area (Å²) in [5.41, 5.74) is 0. The highest BCUT2D eigenvalue weighted by atomic mass is 32.2. The average Bonchev–Trinajstić information content (AvgIpc) is 3.26. The lowest BCUT2D eigenvalue weighted by molar-refractivity contribution is 0.375. The summed E-state index contributed by atoms with van der Waals surface area (Å²) in [6.45, 7) is 4.91. The smallest absolute Gasteiger partial charge is 0.239 e. The number of thioether (sulfide) groups is 1. The van der Waals surface area contributed by atoms with Crippen LogP contribution in [-0.4, -0.2) is 24.9 Å². The Morgan fingerprint density at radius 3 is 3.09 bits per heavy atom. The molecule has 6 nitrogen and oxygen atoms in total. The molecule has 0 radical (unpaired) electrons. The van der Waals surface area contributed by atoms with Gasteiger partial charge in [0.25, 0.3) is 0 Å². The van der Waals surface area contributed by atoms with Gasteiger partial charge in [0.15, 0.2) is 11.0 Å². The zero-order valence-electron chi connectivity index (χ0n) is 12.5. The highest BCUT2D eigenvalue weighted by Gasteiger charge is 2.18. The molecule has 22 heavy (non-hydrogen) atoms. The zero-order chi connectivity index (χ0) is 15.4. The molecule has 1 atom stereocenters. The topological polar surface area (TPSA) is 69.6 Å². The molecule has 3 rings (SSSR count). The molecule has 8 heteroatoms. The fourth-order valence-electron chi connectivity index (χ4n) is 1.96. The molecule has 0 aromatic carbocycles. The third-order valence-electron chi connectivity index (χ3n) is 3.19. The van der Waals surface area contributed by atoms with Gasteiger partial charge in [-0.05, 0) is 24.8 Å². The van der Waals surface area contributed by atoms with Gasteiger partial charge >= 0.3 is 0 Å². The van der Waals surface area contributed by atoms with Crippen molar-refractivity contribution in [2.45, 2.75) is 43.6 Å². The van der Waals surface area contributed by atoms with Gasteiger partial charge in [0.1, 0.15) is 6.33 Å². The summed E-state index contributed by atoms with van der Waals surface area (Å²) in [5.74, 6) is 1.37. The van der Waals surface area contributed by atoms with Crippen molar-refractivity contribution in [1.82, 2.24) is 24.9 Å². The summed E-state index contributed by atoms with van der Waals surface area (Å²) in [5, 5.41) is 15.2. The van der Waals surface area contributed by atoms with E-state index < -0.39 is 0 Å². The van der Waals surface area contributed by atoms with E-state index in [0.29, 0.717) is 5.89 Å². The number of aryl methyl sites for hydroxylation is 3. The van der Waals surface area contributed by atoms with Crippen LogP contribution in [0.4, 0.5) is 0 Å². The van der Waals surface area contributed by atoms with Crippen molar-refractivity contribution in [2.24, 2.45) is 0 Å². The highest BCUT2D eigenvalue weighted by molar-refractivity contribution is 7.99. The van der Waals surface area contributed by atoms with Gasteiger partial charge in [-0.2, -0.15) is 4.98 Å². The van der Waals surface area contributed by atoms with Gasteiger partial charge in [0, 0.05) is 17.8 Å². The van der Waals surface area contributed by atoms with Crippen LogP contribution >= 0.6 is 23.1 Å². The molecule has 0 aliphatic heterocycles. The maximum absolute atomic E-state index is 5.29. The van der Waals surface area contributed by atoms with Gasteiger partial charge in [0.2, 0.25) is 5.89 Å². The summed E-state index contributed by atoms with van der Waals surface area (Å²) in [6, 6.07) is 4.22. The molecule has 0 bridgehead atoms. The molecule has 0 spiro atoms. The maximum atomic E-state index is 5.29. The van der Waals surface area contributed by atoms with Crippen LogP contribution in [0, 0.1) is 0 Å². The lowest BCUT2D eigenvalue weighted by atomic mass is 10.3. The van der Waals surface area contributed by atoms with E-state index in [1.807, 2.05) is 13.8 Å². The summed E-state index contributed by atoms with van der Waals surface area (Å²) < 4.78 is 7.35. The van der Waals surface area contributed by atoms with Crippen LogP contribution in [0.25, 0.3) is 0 Å². The maximum Gasteiger partial charge on any atom is 0.239 e. The largest absolute Gasteiger partial charge is 0.338 e. The molecule has 0 aliphatic rings. The Hall–Kier alpha value is -1.67. The van der Waals surface area contributed by atoms with Crippen LogP contribution in [-0.2, 0) is 19.4 Å². The monoisotopic (exact) mass is 335 g/mol. The molecule has 3 aromatic rings. The van der Waals surface area contributed by atoms with Gasteiger partial charge in [-0.1, -0.05) is 29.9 Å². The highest BCUT2D eigenvalue weighted by Crippen LogP contribution is 2.32. The van der Waals surface area contributed by atoms with E-state index in [0.717, 1.165) is 30.4 Å². The fourth-order valence-corrected chi connectivity index (χ4v) is 3.54. The Balaban J connectivity index is 1.63.